The largest absolute Gasteiger partial charge is 0.481 e. The van der Waals surface area contributed by atoms with Crippen LogP contribution in [0.4, 0.5) is 21.0 Å². The second-order valence-electron chi connectivity index (χ2n) is 7.37. The van der Waals surface area contributed by atoms with E-state index in [1.165, 1.54) is 17.4 Å². The van der Waals surface area contributed by atoms with Gasteiger partial charge in [-0.2, -0.15) is 0 Å². The molecule has 8 nitrogen and oxygen atoms in total. The number of terminal acetylenes is 1. The summed E-state index contributed by atoms with van der Waals surface area (Å²) >= 11 is 8.98. The molecule has 3 N–H and O–H groups in total. The molecule has 0 bridgehead atoms. The topological polar surface area (TPSA) is 113 Å². The number of hydrogen-bond donors (Lipinski definition) is 3. The SMILES string of the molecule is C#C.CC.CC(=O)O.CCc1nc(C)c(-c2csc(Nc3cnc(C(C)Nc4ccc(Cl)cc4F)cn3)n2)s1. The first-order chi connectivity index (χ1) is 18.7. The molecule has 0 saturated heterocycles. The van der Waals surface area contributed by atoms with Gasteiger partial charge >= 0.3 is 0 Å². The van der Waals surface area contributed by atoms with Crippen LogP contribution < -0.4 is 10.6 Å². The molecule has 0 saturated carbocycles. The zero-order valence-electron chi connectivity index (χ0n) is 22.6. The molecule has 0 aliphatic rings. The van der Waals surface area contributed by atoms with Crippen molar-refractivity contribution >= 4 is 56.9 Å². The van der Waals surface area contributed by atoms with E-state index in [1.54, 1.807) is 35.9 Å². The molecule has 0 fully saturated rings. The number of halogens is 2. The third kappa shape index (κ3) is 10.6. The minimum atomic E-state index is -0.833. The number of rotatable bonds is 7. The highest BCUT2D eigenvalue weighted by Crippen LogP contribution is 2.33. The Morgan fingerprint density at radius 3 is 2.41 bits per heavy atom. The van der Waals surface area contributed by atoms with Crippen LogP contribution in [0.3, 0.4) is 0 Å². The highest BCUT2D eigenvalue weighted by atomic mass is 35.5. The van der Waals surface area contributed by atoms with Gasteiger partial charge in [0, 0.05) is 17.3 Å². The molecule has 4 aromatic rings. The highest BCUT2D eigenvalue weighted by molar-refractivity contribution is 7.16. The number of nitrogens with one attached hydrogen (secondary N) is 2. The van der Waals surface area contributed by atoms with Crippen molar-refractivity contribution in [3.05, 3.63) is 63.2 Å². The molecule has 3 heterocycles. The molecule has 39 heavy (non-hydrogen) atoms. The first-order valence-electron chi connectivity index (χ1n) is 11.9. The predicted molar refractivity (Wildman–Crippen MR) is 161 cm³/mol. The minimum Gasteiger partial charge on any atom is -0.481 e. The molecular weight excluding hydrogens is 559 g/mol. The lowest BCUT2D eigenvalue weighted by Crippen LogP contribution is -2.10. The quantitative estimate of drug-likeness (QED) is 0.185. The van der Waals surface area contributed by atoms with E-state index < -0.39 is 11.8 Å². The number of carboxylic acid groups (broad SMARTS) is 1. The van der Waals surface area contributed by atoms with Crippen LogP contribution in [0.25, 0.3) is 10.6 Å². The Balaban J connectivity index is 0.000000856. The summed E-state index contributed by atoms with van der Waals surface area (Å²) in [5.74, 6) is -0.655. The van der Waals surface area contributed by atoms with Crippen molar-refractivity contribution in [1.82, 2.24) is 19.9 Å². The number of anilines is 3. The third-order valence-electron chi connectivity index (χ3n) is 4.53. The Kier molecular flexibility index (Phi) is 14.7. The lowest BCUT2D eigenvalue weighted by Gasteiger charge is -2.15. The van der Waals surface area contributed by atoms with Crippen LogP contribution in [0.15, 0.2) is 36.0 Å². The Bertz CT molecular complexity index is 1340. The summed E-state index contributed by atoms with van der Waals surface area (Å²) in [7, 11) is 0. The van der Waals surface area contributed by atoms with Crippen molar-refractivity contribution in [2.45, 2.75) is 54.0 Å². The van der Waals surface area contributed by atoms with Gasteiger partial charge in [0.25, 0.3) is 5.97 Å². The summed E-state index contributed by atoms with van der Waals surface area (Å²) in [5.41, 5.74) is 2.96. The fourth-order valence-corrected chi connectivity index (χ4v) is 4.83. The molecule has 0 aliphatic heterocycles. The number of carboxylic acids is 1. The van der Waals surface area contributed by atoms with Gasteiger partial charge < -0.3 is 15.7 Å². The van der Waals surface area contributed by atoms with Gasteiger partial charge in [-0.25, -0.2) is 19.3 Å². The Hall–Kier alpha value is -3.59. The number of nitrogens with zero attached hydrogens (tertiary/aromatic N) is 4. The highest BCUT2D eigenvalue weighted by Gasteiger charge is 2.14. The molecule has 1 atom stereocenters. The molecule has 1 unspecified atom stereocenters. The van der Waals surface area contributed by atoms with Gasteiger partial charge in [0.15, 0.2) is 10.9 Å². The molecule has 4 rings (SSSR count). The molecule has 0 spiro atoms. The van der Waals surface area contributed by atoms with Gasteiger partial charge in [-0.05, 0) is 38.5 Å². The summed E-state index contributed by atoms with van der Waals surface area (Å²) in [6.07, 6.45) is 12.2. The van der Waals surface area contributed by atoms with Crippen LogP contribution in [0.1, 0.15) is 57.1 Å². The van der Waals surface area contributed by atoms with Gasteiger partial charge in [0.2, 0.25) is 0 Å². The van der Waals surface area contributed by atoms with E-state index in [0.29, 0.717) is 22.2 Å². The van der Waals surface area contributed by atoms with Crippen LogP contribution in [0.2, 0.25) is 5.02 Å². The minimum absolute atomic E-state index is 0.231. The molecule has 0 aliphatic carbocycles. The van der Waals surface area contributed by atoms with Gasteiger partial charge in [-0.3, -0.25) is 9.78 Å². The average Bonchev–Trinajstić information content (AvgIpc) is 3.54. The maximum atomic E-state index is 14.0. The van der Waals surface area contributed by atoms with E-state index >= 15 is 0 Å². The molecule has 0 radical (unpaired) electrons. The Morgan fingerprint density at radius 1 is 1.21 bits per heavy atom. The summed E-state index contributed by atoms with van der Waals surface area (Å²) in [5, 5.41) is 17.9. The van der Waals surface area contributed by atoms with Gasteiger partial charge in [0.1, 0.15) is 5.82 Å². The van der Waals surface area contributed by atoms with Crippen molar-refractivity contribution in [3.63, 3.8) is 0 Å². The predicted octanol–water partition coefficient (Wildman–Crippen LogP) is 8.00. The number of benzene rings is 1. The molecule has 208 valence electrons. The fourth-order valence-electron chi connectivity index (χ4n) is 2.93. The summed E-state index contributed by atoms with van der Waals surface area (Å²) in [6.45, 7) is 11.1. The summed E-state index contributed by atoms with van der Waals surface area (Å²) in [4.78, 5) is 28.2. The van der Waals surface area contributed by atoms with Gasteiger partial charge in [0.05, 0.1) is 51.1 Å². The van der Waals surface area contributed by atoms with Crippen LogP contribution >= 0.6 is 34.3 Å². The monoisotopic (exact) mass is 590 g/mol. The van der Waals surface area contributed by atoms with E-state index in [0.717, 1.165) is 39.7 Å². The van der Waals surface area contributed by atoms with Crippen molar-refractivity contribution < 1.29 is 14.3 Å². The first kappa shape index (κ1) is 33.4. The normalized spacial score (nSPS) is 10.4. The first-order valence-corrected chi connectivity index (χ1v) is 14.0. The number of aliphatic carboxylic acids is 1. The van der Waals surface area contributed by atoms with Crippen LogP contribution in [-0.4, -0.2) is 31.0 Å². The number of aryl methyl sites for hydroxylation is 2. The standard InChI is InChI=1S/C21H20ClFN6S2.C2H4O2.C2H6.C2H2/c1-4-19-27-12(3)20(31-19)17-10-30-21(28-17)29-18-9-24-16(8-25-18)11(2)26-15-6-5-13(22)7-14(15)23;1-2(3)4;2*1-2/h5-11,26H,4H2,1-3H3,(H,25,28,29);1H3,(H,3,4);1-2H3;1-2H. The lowest BCUT2D eigenvalue weighted by molar-refractivity contribution is -0.134. The molecule has 3 aromatic heterocycles. The smallest absolute Gasteiger partial charge is 0.300 e. The maximum absolute atomic E-state index is 14.0. The van der Waals surface area contributed by atoms with E-state index in [-0.39, 0.29) is 6.04 Å². The second kappa shape index (κ2) is 17.1. The third-order valence-corrected chi connectivity index (χ3v) is 6.85. The maximum Gasteiger partial charge on any atom is 0.300 e. The van der Waals surface area contributed by atoms with Crippen LogP contribution in [0.5, 0.6) is 0 Å². The van der Waals surface area contributed by atoms with E-state index in [9.17, 15) is 4.39 Å². The van der Waals surface area contributed by atoms with Crippen LogP contribution in [0, 0.1) is 25.6 Å². The zero-order chi connectivity index (χ0) is 29.5. The second-order valence-corrected chi connectivity index (χ2v) is 9.75. The Morgan fingerprint density at radius 2 is 1.87 bits per heavy atom. The molecular formula is C27H32ClFN6O2S2. The molecule has 12 heteroatoms. The van der Waals surface area contributed by atoms with Crippen LogP contribution in [-0.2, 0) is 11.2 Å². The van der Waals surface area contributed by atoms with Crippen molar-refractivity contribution in [1.29, 1.82) is 0 Å². The number of hydrogen-bond acceptors (Lipinski definition) is 9. The van der Waals surface area contributed by atoms with Gasteiger partial charge in [-0.1, -0.05) is 32.4 Å². The summed E-state index contributed by atoms with van der Waals surface area (Å²) < 4.78 is 14.0. The van der Waals surface area contributed by atoms with E-state index in [2.05, 4.69) is 50.3 Å². The van der Waals surface area contributed by atoms with Crippen molar-refractivity contribution in [2.24, 2.45) is 0 Å². The lowest BCUT2D eigenvalue weighted by atomic mass is 10.2. The van der Waals surface area contributed by atoms with E-state index in [1.807, 2.05) is 33.1 Å². The van der Waals surface area contributed by atoms with Crippen molar-refractivity contribution in [3.8, 4) is 23.4 Å². The fraction of sp³-hybridized carbons (Fsp3) is 0.296. The molecule has 0 amide bonds. The number of thiazole rings is 2. The summed E-state index contributed by atoms with van der Waals surface area (Å²) in [6, 6.07) is 4.28. The number of aromatic nitrogens is 4. The Labute approximate surface area is 241 Å². The van der Waals surface area contributed by atoms with Gasteiger partial charge in [-0.15, -0.1) is 35.5 Å². The number of carbonyl (C=O) groups is 1. The average molecular weight is 591 g/mol. The van der Waals surface area contributed by atoms with Crippen molar-refractivity contribution in [2.75, 3.05) is 10.6 Å². The zero-order valence-corrected chi connectivity index (χ0v) is 25.0. The molecule has 1 aromatic carbocycles. The van der Waals surface area contributed by atoms with E-state index in [4.69, 9.17) is 21.5 Å².